The fourth-order valence-corrected chi connectivity index (χ4v) is 5.08. The van der Waals surface area contributed by atoms with E-state index in [0.29, 0.717) is 30.0 Å². The second kappa shape index (κ2) is 13.1. The van der Waals surface area contributed by atoms with Crippen molar-refractivity contribution in [2.45, 2.75) is 69.4 Å². The van der Waals surface area contributed by atoms with Crippen LogP contribution in [-0.2, 0) is 9.53 Å². The monoisotopic (exact) mass is 566 g/mol. The summed E-state index contributed by atoms with van der Waals surface area (Å²) in [5.74, 6) is -3.34. The summed E-state index contributed by atoms with van der Waals surface area (Å²) in [7, 11) is -1.68. The zero-order valence-electron chi connectivity index (χ0n) is 22.1. The molecule has 3 rings (SSSR count). The minimum atomic E-state index is -2.81. The van der Waals surface area contributed by atoms with Gasteiger partial charge in [0.1, 0.15) is 18.2 Å². The first kappa shape index (κ1) is 30.8. The van der Waals surface area contributed by atoms with Crippen molar-refractivity contribution < 1.29 is 33.2 Å². The lowest BCUT2D eigenvalue weighted by Gasteiger charge is -2.36. The average molecular weight is 567 g/mol. The van der Waals surface area contributed by atoms with Gasteiger partial charge in [0.15, 0.2) is 0 Å². The van der Waals surface area contributed by atoms with Crippen LogP contribution in [0.4, 0.5) is 13.6 Å². The fraction of sp³-hybridized carbons (Fsp3) is 0.577. The van der Waals surface area contributed by atoms with Crippen molar-refractivity contribution in [2.24, 2.45) is 0 Å². The summed E-state index contributed by atoms with van der Waals surface area (Å²) in [6.07, 6.45) is 2.23. The third-order valence-electron chi connectivity index (χ3n) is 7.14. The molecule has 0 spiro atoms. The van der Waals surface area contributed by atoms with Crippen molar-refractivity contribution in [1.29, 1.82) is 5.26 Å². The molecule has 0 radical (unpaired) electrons. The summed E-state index contributed by atoms with van der Waals surface area (Å²) in [5, 5.41) is 31.8. The number of carbonyl (C=O) groups is 2. The highest BCUT2D eigenvalue weighted by Gasteiger charge is 2.43. The first-order chi connectivity index (χ1) is 18.3. The van der Waals surface area contributed by atoms with Crippen LogP contribution in [0.5, 0.6) is 0 Å². The molecule has 2 atom stereocenters. The van der Waals surface area contributed by atoms with Crippen molar-refractivity contribution in [3.05, 3.63) is 46.5 Å². The molecule has 1 aromatic carbocycles. The normalized spacial score (nSPS) is 20.7. The summed E-state index contributed by atoms with van der Waals surface area (Å²) < 4.78 is 32.9. The molecule has 0 aromatic heterocycles. The van der Waals surface area contributed by atoms with Crippen LogP contribution in [0.15, 0.2) is 35.9 Å². The number of benzene rings is 1. The molecule has 13 heteroatoms. The van der Waals surface area contributed by atoms with Gasteiger partial charge in [-0.15, -0.1) is 0 Å². The van der Waals surface area contributed by atoms with Crippen LogP contribution in [0.1, 0.15) is 51.1 Å². The van der Waals surface area contributed by atoms with Gasteiger partial charge in [-0.05, 0) is 56.9 Å². The molecule has 2 saturated heterocycles. The number of piperidine rings is 1. The third-order valence-corrected chi connectivity index (χ3v) is 7.39. The van der Waals surface area contributed by atoms with Crippen molar-refractivity contribution in [3.63, 3.8) is 0 Å². The molecule has 2 amide bonds. The van der Waals surface area contributed by atoms with Crippen LogP contribution in [0.25, 0.3) is 0 Å². The number of hydrogen-bond donors (Lipinski definition) is 3. The van der Waals surface area contributed by atoms with Crippen LogP contribution in [0.2, 0.25) is 11.3 Å². The Morgan fingerprint density at radius 3 is 2.59 bits per heavy atom. The molecular weight excluding hydrogens is 533 g/mol. The van der Waals surface area contributed by atoms with E-state index >= 15 is 0 Å². The van der Waals surface area contributed by atoms with E-state index in [1.165, 1.54) is 11.0 Å². The zero-order valence-corrected chi connectivity index (χ0v) is 22.8. The maximum absolute atomic E-state index is 13.8. The zero-order chi connectivity index (χ0) is 28.8. The van der Waals surface area contributed by atoms with Gasteiger partial charge in [-0.1, -0.05) is 23.7 Å². The summed E-state index contributed by atoms with van der Waals surface area (Å²) in [6, 6.07) is 7.22. The van der Waals surface area contributed by atoms with Crippen LogP contribution in [-0.4, -0.2) is 82.7 Å². The highest BCUT2D eigenvalue weighted by molar-refractivity contribution is 6.41. The van der Waals surface area contributed by atoms with Crippen molar-refractivity contribution in [3.8, 4) is 6.07 Å². The molecule has 2 aliphatic rings. The van der Waals surface area contributed by atoms with Crippen molar-refractivity contribution in [2.75, 3.05) is 26.2 Å². The van der Waals surface area contributed by atoms with Gasteiger partial charge < -0.3 is 25.0 Å². The molecule has 0 aliphatic carbocycles. The van der Waals surface area contributed by atoms with Crippen molar-refractivity contribution >= 4 is 30.7 Å². The average Bonchev–Trinajstić information content (AvgIpc) is 3.26. The fourth-order valence-electron chi connectivity index (χ4n) is 4.95. The number of nitriles is 1. The SMILES string of the molecule is CC(C)(C=C(C#N)C(=O)N1CCCC[C@@H]1COC(=O)N[C@H](CB(O)O)c1ccc(Cl)cc1)N1CCC(F)(F)C1. The Balaban J connectivity index is 1.66. The highest BCUT2D eigenvalue weighted by atomic mass is 35.5. The van der Waals surface area contributed by atoms with Crippen LogP contribution in [0.3, 0.4) is 0 Å². The number of amides is 2. The van der Waals surface area contributed by atoms with Crippen LogP contribution in [0, 0.1) is 11.3 Å². The lowest BCUT2D eigenvalue weighted by Crippen LogP contribution is -2.48. The van der Waals surface area contributed by atoms with E-state index in [9.17, 15) is 33.7 Å². The molecule has 1 aromatic rings. The Bertz CT molecular complexity index is 1100. The molecular formula is C26H34BClF2N4O5. The molecule has 2 fully saturated rings. The van der Waals surface area contributed by atoms with E-state index in [0.717, 1.165) is 6.42 Å². The predicted molar refractivity (Wildman–Crippen MR) is 142 cm³/mol. The lowest BCUT2D eigenvalue weighted by molar-refractivity contribution is -0.131. The number of alkyl carbamates (subject to hydrolysis) is 1. The summed E-state index contributed by atoms with van der Waals surface area (Å²) in [5.41, 5.74) is -0.483. The Morgan fingerprint density at radius 2 is 2.00 bits per heavy atom. The predicted octanol–water partition coefficient (Wildman–Crippen LogP) is 3.53. The van der Waals surface area contributed by atoms with Gasteiger partial charge in [-0.3, -0.25) is 9.69 Å². The van der Waals surface area contributed by atoms with Gasteiger partial charge >= 0.3 is 13.2 Å². The van der Waals surface area contributed by atoms with E-state index in [-0.39, 0.29) is 31.5 Å². The van der Waals surface area contributed by atoms with Gasteiger partial charge in [0.25, 0.3) is 11.8 Å². The molecule has 0 bridgehead atoms. The maximum Gasteiger partial charge on any atom is 0.453 e. The van der Waals surface area contributed by atoms with Crippen LogP contribution >= 0.6 is 11.6 Å². The number of halogens is 3. The minimum absolute atomic E-state index is 0.132. The van der Waals surface area contributed by atoms with E-state index in [4.69, 9.17) is 16.3 Å². The number of ether oxygens (including phenoxy) is 1. The Morgan fingerprint density at radius 1 is 1.31 bits per heavy atom. The van der Waals surface area contributed by atoms with Gasteiger partial charge in [0.2, 0.25) is 0 Å². The van der Waals surface area contributed by atoms with Crippen LogP contribution < -0.4 is 5.32 Å². The van der Waals surface area contributed by atoms with Gasteiger partial charge in [0.05, 0.1) is 18.6 Å². The standard InChI is InChI=1S/C26H34BClF2N4O5/c1-25(2,33-12-10-26(29,30)17-33)13-19(15-31)23(35)34-11-4-3-5-21(34)16-39-24(36)32-22(14-27(37)38)18-6-8-20(28)9-7-18/h6-9,13,21-22,37-38H,3-5,10-12,14,16-17H2,1-2H3,(H,32,36)/t21-,22-/m1/s1. The number of rotatable bonds is 9. The molecule has 9 nitrogen and oxygen atoms in total. The molecule has 3 N–H and O–H groups in total. The topological polar surface area (TPSA) is 126 Å². The quantitative estimate of drug-likeness (QED) is 0.237. The number of nitrogens with zero attached hydrogens (tertiary/aromatic N) is 3. The van der Waals surface area contributed by atoms with Gasteiger partial charge in [0, 0.05) is 36.4 Å². The van der Waals surface area contributed by atoms with Gasteiger partial charge in [-0.25, -0.2) is 13.6 Å². The molecule has 0 unspecified atom stereocenters. The third kappa shape index (κ3) is 8.63. The second-order valence-electron chi connectivity index (χ2n) is 10.6. The molecule has 2 aliphatic heterocycles. The Hall–Kier alpha value is -2.72. The summed E-state index contributed by atoms with van der Waals surface area (Å²) in [6.45, 7) is 3.33. The number of carbonyl (C=O) groups excluding carboxylic acids is 2. The Kier molecular flexibility index (Phi) is 10.3. The first-order valence-electron chi connectivity index (χ1n) is 12.9. The summed E-state index contributed by atoms with van der Waals surface area (Å²) in [4.78, 5) is 29.0. The van der Waals surface area contributed by atoms with E-state index in [1.807, 2.05) is 6.07 Å². The first-order valence-corrected chi connectivity index (χ1v) is 13.3. The highest BCUT2D eigenvalue weighted by Crippen LogP contribution is 2.33. The smallest absolute Gasteiger partial charge is 0.447 e. The van der Waals surface area contributed by atoms with E-state index < -0.39 is 49.2 Å². The largest absolute Gasteiger partial charge is 0.453 e. The second-order valence-corrected chi connectivity index (χ2v) is 11.0. The molecule has 212 valence electrons. The minimum Gasteiger partial charge on any atom is -0.447 e. The summed E-state index contributed by atoms with van der Waals surface area (Å²) >= 11 is 5.92. The number of alkyl halides is 2. The van der Waals surface area contributed by atoms with Gasteiger partial charge in [-0.2, -0.15) is 5.26 Å². The number of hydrogen-bond acceptors (Lipinski definition) is 7. The molecule has 0 saturated carbocycles. The number of nitrogens with one attached hydrogen (secondary N) is 1. The lowest BCUT2D eigenvalue weighted by atomic mass is 9.79. The molecule has 2 heterocycles. The van der Waals surface area contributed by atoms with E-state index in [2.05, 4.69) is 5.32 Å². The van der Waals surface area contributed by atoms with Crippen molar-refractivity contribution in [1.82, 2.24) is 15.1 Å². The van der Waals surface area contributed by atoms with E-state index in [1.54, 1.807) is 43.0 Å². The maximum atomic E-state index is 13.8. The number of likely N-dealkylation sites (tertiary alicyclic amines) is 2. The Labute approximate surface area is 232 Å². The molecule has 39 heavy (non-hydrogen) atoms.